The summed E-state index contributed by atoms with van der Waals surface area (Å²) in [4.78, 5) is 34.3. The van der Waals surface area contributed by atoms with Crippen molar-refractivity contribution in [1.29, 1.82) is 0 Å². The first-order valence-corrected chi connectivity index (χ1v) is 7.56. The van der Waals surface area contributed by atoms with Gasteiger partial charge in [-0.25, -0.2) is 4.79 Å². The summed E-state index contributed by atoms with van der Waals surface area (Å²) >= 11 is 0. The number of carbonyl (C=O) groups excluding carboxylic acids is 2. The van der Waals surface area contributed by atoms with Gasteiger partial charge in [0.2, 0.25) is 5.91 Å². The molecule has 0 aromatic heterocycles. The van der Waals surface area contributed by atoms with Crippen molar-refractivity contribution in [3.05, 3.63) is 0 Å². The number of carboxylic acids is 1. The molecule has 7 heteroatoms. The zero-order valence-electron chi connectivity index (χ0n) is 12.1. The second-order valence-electron chi connectivity index (χ2n) is 5.97. The molecule has 0 unspecified atom stereocenters. The van der Waals surface area contributed by atoms with Crippen molar-refractivity contribution in [1.82, 2.24) is 16.0 Å². The van der Waals surface area contributed by atoms with Crippen molar-refractivity contribution in [3.8, 4) is 0 Å². The number of amides is 3. The number of nitrogens with one attached hydrogen (secondary N) is 3. The van der Waals surface area contributed by atoms with Crippen LogP contribution in [0.5, 0.6) is 0 Å². The van der Waals surface area contributed by atoms with Crippen LogP contribution in [-0.4, -0.2) is 42.6 Å². The van der Waals surface area contributed by atoms with E-state index in [4.69, 9.17) is 0 Å². The maximum absolute atomic E-state index is 11.6. The SMILES string of the molecule is O=C(NCCNC(=O)C1CC1)NCC1(C(=O)O)CCCC1. The smallest absolute Gasteiger partial charge is 0.314 e. The van der Waals surface area contributed by atoms with Crippen LogP contribution in [0, 0.1) is 11.3 Å². The van der Waals surface area contributed by atoms with E-state index < -0.39 is 11.4 Å². The third-order valence-electron chi connectivity index (χ3n) is 4.26. The van der Waals surface area contributed by atoms with Gasteiger partial charge in [-0.15, -0.1) is 0 Å². The van der Waals surface area contributed by atoms with E-state index in [1.165, 1.54) is 0 Å². The van der Waals surface area contributed by atoms with E-state index in [0.29, 0.717) is 25.9 Å². The fourth-order valence-corrected chi connectivity index (χ4v) is 2.68. The Labute approximate surface area is 123 Å². The number of carbonyl (C=O) groups is 3. The van der Waals surface area contributed by atoms with Gasteiger partial charge in [0.05, 0.1) is 5.41 Å². The molecule has 2 aliphatic rings. The monoisotopic (exact) mass is 297 g/mol. The van der Waals surface area contributed by atoms with Crippen LogP contribution >= 0.6 is 0 Å². The molecule has 2 saturated carbocycles. The Kier molecular flexibility index (Phi) is 5.03. The fraction of sp³-hybridized carbons (Fsp3) is 0.786. The molecule has 21 heavy (non-hydrogen) atoms. The van der Waals surface area contributed by atoms with Gasteiger partial charge >= 0.3 is 12.0 Å². The lowest BCUT2D eigenvalue weighted by atomic mass is 9.86. The molecule has 0 heterocycles. The third-order valence-corrected chi connectivity index (χ3v) is 4.26. The number of urea groups is 1. The van der Waals surface area contributed by atoms with E-state index in [1.807, 2.05) is 0 Å². The lowest BCUT2D eigenvalue weighted by Gasteiger charge is -2.24. The molecule has 0 aromatic rings. The largest absolute Gasteiger partial charge is 0.481 e. The first-order chi connectivity index (χ1) is 10.0. The molecule has 4 N–H and O–H groups in total. The number of hydrogen-bond donors (Lipinski definition) is 4. The summed E-state index contributed by atoms with van der Waals surface area (Å²) < 4.78 is 0. The number of hydrogen-bond acceptors (Lipinski definition) is 3. The van der Waals surface area contributed by atoms with Gasteiger partial charge in [0, 0.05) is 25.6 Å². The topological polar surface area (TPSA) is 108 Å². The summed E-state index contributed by atoms with van der Waals surface area (Å²) in [5, 5.41) is 17.3. The molecule has 2 aliphatic carbocycles. The number of aliphatic carboxylic acids is 1. The Hall–Kier alpha value is -1.79. The molecule has 0 radical (unpaired) electrons. The van der Waals surface area contributed by atoms with Crippen molar-refractivity contribution in [2.45, 2.75) is 38.5 Å². The van der Waals surface area contributed by atoms with Crippen molar-refractivity contribution in [2.75, 3.05) is 19.6 Å². The molecule has 7 nitrogen and oxygen atoms in total. The van der Waals surface area contributed by atoms with E-state index in [2.05, 4.69) is 16.0 Å². The molecule has 2 rings (SSSR count). The molecule has 0 atom stereocenters. The Morgan fingerprint density at radius 3 is 2.19 bits per heavy atom. The molecule has 0 saturated heterocycles. The Morgan fingerprint density at radius 1 is 1.00 bits per heavy atom. The third kappa shape index (κ3) is 4.34. The van der Waals surface area contributed by atoms with Crippen LogP contribution in [0.4, 0.5) is 4.79 Å². The summed E-state index contributed by atoms with van der Waals surface area (Å²) in [6.07, 6.45) is 4.92. The minimum absolute atomic E-state index is 0.0491. The summed E-state index contributed by atoms with van der Waals surface area (Å²) in [6, 6.07) is -0.386. The fourth-order valence-electron chi connectivity index (χ4n) is 2.68. The minimum atomic E-state index is -0.836. The highest BCUT2D eigenvalue weighted by Crippen LogP contribution is 2.37. The molecule has 0 spiro atoms. The summed E-state index contributed by atoms with van der Waals surface area (Å²) in [5.41, 5.74) is -0.808. The molecular weight excluding hydrogens is 274 g/mol. The van der Waals surface area contributed by atoms with Crippen LogP contribution in [0.15, 0.2) is 0 Å². The van der Waals surface area contributed by atoms with Gasteiger partial charge in [0.1, 0.15) is 0 Å². The van der Waals surface area contributed by atoms with Crippen LogP contribution in [0.3, 0.4) is 0 Å². The second-order valence-corrected chi connectivity index (χ2v) is 5.97. The summed E-state index contributed by atoms with van der Waals surface area (Å²) in [7, 11) is 0. The lowest BCUT2D eigenvalue weighted by Crippen LogP contribution is -2.46. The Balaban J connectivity index is 1.60. The first kappa shape index (κ1) is 15.6. The van der Waals surface area contributed by atoms with Gasteiger partial charge in [0.15, 0.2) is 0 Å². The standard InChI is InChI=1S/C14H23N3O4/c18-11(10-3-4-10)15-7-8-16-13(21)17-9-14(12(19)20)5-1-2-6-14/h10H,1-9H2,(H,15,18)(H,19,20)(H2,16,17,21). The highest BCUT2D eigenvalue weighted by molar-refractivity contribution is 5.81. The molecular formula is C14H23N3O4. The lowest BCUT2D eigenvalue weighted by molar-refractivity contribution is -0.148. The zero-order valence-corrected chi connectivity index (χ0v) is 12.1. The predicted octanol–water partition coefficient (Wildman–Crippen LogP) is 0.457. The maximum atomic E-state index is 11.6. The minimum Gasteiger partial charge on any atom is -0.481 e. The first-order valence-electron chi connectivity index (χ1n) is 7.56. The highest BCUT2D eigenvalue weighted by atomic mass is 16.4. The van der Waals surface area contributed by atoms with E-state index in [-0.39, 0.29) is 24.4 Å². The van der Waals surface area contributed by atoms with Crippen LogP contribution in [0.2, 0.25) is 0 Å². The van der Waals surface area contributed by atoms with E-state index in [9.17, 15) is 19.5 Å². The van der Waals surface area contributed by atoms with Crippen molar-refractivity contribution < 1.29 is 19.5 Å². The normalized spacial score (nSPS) is 19.8. The molecule has 0 bridgehead atoms. The van der Waals surface area contributed by atoms with Crippen LogP contribution in [0.1, 0.15) is 38.5 Å². The summed E-state index contributed by atoms with van der Waals surface area (Å²) in [5.74, 6) is -0.624. The van der Waals surface area contributed by atoms with E-state index in [1.54, 1.807) is 0 Å². The van der Waals surface area contributed by atoms with E-state index >= 15 is 0 Å². The highest BCUT2D eigenvalue weighted by Gasteiger charge is 2.41. The quantitative estimate of drug-likeness (QED) is 0.512. The van der Waals surface area contributed by atoms with Crippen LogP contribution in [-0.2, 0) is 9.59 Å². The average molecular weight is 297 g/mol. The summed E-state index contributed by atoms with van der Waals surface area (Å²) in [6.45, 7) is 0.889. The van der Waals surface area contributed by atoms with Crippen molar-refractivity contribution >= 4 is 17.9 Å². The van der Waals surface area contributed by atoms with Gasteiger partial charge in [-0.1, -0.05) is 12.8 Å². The van der Waals surface area contributed by atoms with Gasteiger partial charge in [-0.3, -0.25) is 9.59 Å². The van der Waals surface area contributed by atoms with Gasteiger partial charge < -0.3 is 21.1 Å². The van der Waals surface area contributed by atoms with Crippen molar-refractivity contribution in [3.63, 3.8) is 0 Å². The van der Waals surface area contributed by atoms with Crippen LogP contribution < -0.4 is 16.0 Å². The van der Waals surface area contributed by atoms with E-state index in [0.717, 1.165) is 25.7 Å². The number of rotatable bonds is 7. The zero-order chi connectivity index (χ0) is 15.3. The van der Waals surface area contributed by atoms with Gasteiger partial charge in [-0.05, 0) is 25.7 Å². The molecule has 2 fully saturated rings. The average Bonchev–Trinajstić information content (AvgIpc) is 3.19. The predicted molar refractivity (Wildman–Crippen MR) is 75.7 cm³/mol. The Bertz CT molecular complexity index is 414. The molecule has 0 aromatic carbocycles. The number of carboxylic acid groups (broad SMARTS) is 1. The second kappa shape index (κ2) is 6.78. The molecule has 0 aliphatic heterocycles. The molecule has 118 valence electrons. The van der Waals surface area contributed by atoms with Gasteiger partial charge in [-0.2, -0.15) is 0 Å². The molecule has 3 amide bonds. The maximum Gasteiger partial charge on any atom is 0.314 e. The van der Waals surface area contributed by atoms with Crippen LogP contribution in [0.25, 0.3) is 0 Å². The van der Waals surface area contributed by atoms with Crippen molar-refractivity contribution in [2.24, 2.45) is 11.3 Å². The van der Waals surface area contributed by atoms with Gasteiger partial charge in [0.25, 0.3) is 0 Å². The Morgan fingerprint density at radius 2 is 1.62 bits per heavy atom.